The molecule has 0 aromatic heterocycles. The molecule has 6 nitrogen and oxygen atoms in total. The van der Waals surface area contributed by atoms with E-state index in [-0.39, 0.29) is 23.1 Å². The van der Waals surface area contributed by atoms with Crippen molar-refractivity contribution >= 4 is 44.8 Å². The highest BCUT2D eigenvalue weighted by Crippen LogP contribution is 2.33. The highest BCUT2D eigenvalue weighted by Gasteiger charge is 2.27. The molecule has 0 unspecified atom stereocenters. The van der Waals surface area contributed by atoms with Crippen molar-refractivity contribution in [2.24, 2.45) is 0 Å². The lowest BCUT2D eigenvalue weighted by Crippen LogP contribution is -2.25. The van der Waals surface area contributed by atoms with Crippen LogP contribution in [-0.4, -0.2) is 31.2 Å². The number of carbonyl (C=O) groups excluding carboxylic acids is 2. The lowest BCUT2D eigenvalue weighted by molar-refractivity contribution is -0.116. The zero-order valence-electron chi connectivity index (χ0n) is 16.6. The second-order valence-corrected chi connectivity index (χ2v) is 10.7. The molecule has 1 aliphatic heterocycles. The summed E-state index contributed by atoms with van der Waals surface area (Å²) < 4.78 is 26.0. The van der Waals surface area contributed by atoms with Gasteiger partial charge in [0.15, 0.2) is 9.84 Å². The Morgan fingerprint density at radius 3 is 2.69 bits per heavy atom. The van der Waals surface area contributed by atoms with Gasteiger partial charge < -0.3 is 10.6 Å². The summed E-state index contributed by atoms with van der Waals surface area (Å²) in [4.78, 5) is 25.1. The first kappa shape index (κ1) is 21.4. The van der Waals surface area contributed by atoms with Crippen molar-refractivity contribution in [2.45, 2.75) is 48.7 Å². The normalized spacial score (nSPS) is 15.1. The maximum Gasteiger partial charge on any atom is 0.225 e. The first-order chi connectivity index (χ1) is 13.7. The van der Waals surface area contributed by atoms with Gasteiger partial charge in [0.05, 0.1) is 15.8 Å². The molecule has 1 aliphatic rings. The third-order valence-electron chi connectivity index (χ3n) is 4.80. The quantitative estimate of drug-likeness (QED) is 0.747. The average Bonchev–Trinajstić information content (AvgIpc) is 2.83. The number of sulfone groups is 1. The Morgan fingerprint density at radius 1 is 1.21 bits per heavy atom. The number of fused-ring (bicyclic) bond motifs is 1. The van der Waals surface area contributed by atoms with Crippen LogP contribution >= 0.6 is 11.8 Å². The summed E-state index contributed by atoms with van der Waals surface area (Å²) >= 11 is 1.51. The van der Waals surface area contributed by atoms with Gasteiger partial charge in [0.25, 0.3) is 0 Å². The van der Waals surface area contributed by atoms with Crippen LogP contribution < -0.4 is 10.6 Å². The number of amides is 2. The molecular formula is C21H24N2O4S2. The predicted octanol–water partition coefficient (Wildman–Crippen LogP) is 3.93. The van der Waals surface area contributed by atoms with Gasteiger partial charge in [-0.3, -0.25) is 9.59 Å². The van der Waals surface area contributed by atoms with E-state index in [1.54, 1.807) is 6.07 Å². The summed E-state index contributed by atoms with van der Waals surface area (Å²) in [7, 11) is -3.73. The fourth-order valence-electron chi connectivity index (χ4n) is 3.13. The Hall–Kier alpha value is -2.32. The Morgan fingerprint density at radius 2 is 1.97 bits per heavy atom. The topological polar surface area (TPSA) is 92.3 Å². The van der Waals surface area contributed by atoms with Gasteiger partial charge in [-0.05, 0) is 50.6 Å². The van der Waals surface area contributed by atoms with Crippen LogP contribution in [0, 0.1) is 13.8 Å². The lowest BCUT2D eigenvalue weighted by atomic mass is 10.1. The van der Waals surface area contributed by atoms with Crippen molar-refractivity contribution < 1.29 is 18.0 Å². The van der Waals surface area contributed by atoms with Gasteiger partial charge >= 0.3 is 0 Å². The first-order valence-corrected chi connectivity index (χ1v) is 11.9. The molecule has 1 atom stereocenters. The van der Waals surface area contributed by atoms with Crippen LogP contribution in [0.2, 0.25) is 0 Å². The van der Waals surface area contributed by atoms with E-state index in [1.165, 1.54) is 30.8 Å². The summed E-state index contributed by atoms with van der Waals surface area (Å²) in [6.45, 7) is 5.38. The number of thioether (sulfide) groups is 1. The number of hydrogen-bond acceptors (Lipinski definition) is 5. The van der Waals surface area contributed by atoms with Gasteiger partial charge in [0.1, 0.15) is 0 Å². The summed E-state index contributed by atoms with van der Waals surface area (Å²) in [6.07, 6.45) is 0.226. The molecular weight excluding hydrogens is 408 g/mol. The van der Waals surface area contributed by atoms with Gasteiger partial charge in [-0.15, -0.1) is 11.8 Å². The van der Waals surface area contributed by atoms with Gasteiger partial charge in [0, 0.05) is 29.2 Å². The standard InChI is InChI=1S/C21H24N2O4S2/c1-13-4-6-17(14(2)10-13)22-21(25)11-15(3)29(26,27)16-5-7-19-18(12-16)23-20(24)8-9-28-19/h4-7,10,12,15H,8-9,11H2,1-3H3,(H,22,25)(H,23,24)/t15-/m1/s1. The predicted molar refractivity (Wildman–Crippen MR) is 116 cm³/mol. The highest BCUT2D eigenvalue weighted by molar-refractivity contribution is 7.99. The van der Waals surface area contributed by atoms with E-state index in [0.29, 0.717) is 23.5 Å². The zero-order valence-corrected chi connectivity index (χ0v) is 18.2. The lowest BCUT2D eigenvalue weighted by Gasteiger charge is -2.16. The minimum Gasteiger partial charge on any atom is -0.326 e. The number of nitrogens with one attached hydrogen (secondary N) is 2. The molecule has 0 bridgehead atoms. The molecule has 0 saturated carbocycles. The number of anilines is 2. The number of benzene rings is 2. The van der Waals surface area contributed by atoms with Crippen LogP contribution in [0.25, 0.3) is 0 Å². The summed E-state index contributed by atoms with van der Waals surface area (Å²) in [5.74, 6) is 0.165. The largest absolute Gasteiger partial charge is 0.326 e. The average molecular weight is 433 g/mol. The van der Waals surface area contributed by atoms with Crippen molar-refractivity contribution in [3.05, 3.63) is 47.5 Å². The fourth-order valence-corrected chi connectivity index (χ4v) is 5.45. The van der Waals surface area contributed by atoms with Gasteiger partial charge in [0.2, 0.25) is 11.8 Å². The van der Waals surface area contributed by atoms with Crippen LogP contribution in [0.4, 0.5) is 11.4 Å². The third kappa shape index (κ3) is 5.00. The molecule has 0 fully saturated rings. The smallest absolute Gasteiger partial charge is 0.225 e. The molecule has 0 spiro atoms. The van der Waals surface area contributed by atoms with E-state index >= 15 is 0 Å². The van der Waals surface area contributed by atoms with E-state index in [2.05, 4.69) is 10.6 Å². The van der Waals surface area contributed by atoms with Crippen molar-refractivity contribution in [2.75, 3.05) is 16.4 Å². The molecule has 154 valence electrons. The molecule has 0 radical (unpaired) electrons. The summed E-state index contributed by atoms with van der Waals surface area (Å²) in [5, 5.41) is 4.64. The maximum atomic E-state index is 13.0. The SMILES string of the molecule is Cc1ccc(NC(=O)C[C@@H](C)S(=O)(=O)c2ccc3c(c2)NC(=O)CCS3)c(C)c1. The molecule has 3 rings (SSSR count). The Labute approximate surface area is 175 Å². The van der Waals surface area contributed by atoms with Crippen LogP contribution in [0.3, 0.4) is 0 Å². The Bertz CT molecular complexity index is 1060. The number of carbonyl (C=O) groups is 2. The van der Waals surface area contributed by atoms with E-state index < -0.39 is 15.1 Å². The summed E-state index contributed by atoms with van der Waals surface area (Å²) in [6, 6.07) is 10.4. The number of hydrogen-bond donors (Lipinski definition) is 2. The van der Waals surface area contributed by atoms with E-state index in [9.17, 15) is 18.0 Å². The van der Waals surface area contributed by atoms with Crippen molar-refractivity contribution in [1.29, 1.82) is 0 Å². The van der Waals surface area contributed by atoms with Gasteiger partial charge in [-0.25, -0.2) is 8.42 Å². The summed E-state index contributed by atoms with van der Waals surface area (Å²) in [5.41, 5.74) is 3.19. The second kappa shape index (κ2) is 8.59. The van der Waals surface area contributed by atoms with E-state index in [1.807, 2.05) is 32.0 Å². The molecule has 29 heavy (non-hydrogen) atoms. The van der Waals surface area contributed by atoms with Crippen molar-refractivity contribution in [3.63, 3.8) is 0 Å². The third-order valence-corrected chi connectivity index (χ3v) is 8.01. The van der Waals surface area contributed by atoms with Crippen LogP contribution in [0.15, 0.2) is 46.2 Å². The highest BCUT2D eigenvalue weighted by atomic mass is 32.2. The molecule has 2 N–H and O–H groups in total. The van der Waals surface area contributed by atoms with E-state index in [4.69, 9.17) is 0 Å². The van der Waals surface area contributed by atoms with Gasteiger partial charge in [-0.1, -0.05) is 17.7 Å². The van der Waals surface area contributed by atoms with E-state index in [0.717, 1.165) is 16.0 Å². The molecule has 0 aliphatic carbocycles. The Balaban J connectivity index is 1.75. The monoisotopic (exact) mass is 432 g/mol. The Kier molecular flexibility index (Phi) is 6.33. The van der Waals surface area contributed by atoms with Crippen LogP contribution in [0.1, 0.15) is 30.9 Å². The van der Waals surface area contributed by atoms with Crippen molar-refractivity contribution in [3.8, 4) is 0 Å². The van der Waals surface area contributed by atoms with Crippen LogP contribution in [-0.2, 0) is 19.4 Å². The zero-order chi connectivity index (χ0) is 21.2. The first-order valence-electron chi connectivity index (χ1n) is 9.34. The molecule has 2 amide bonds. The molecule has 8 heteroatoms. The number of rotatable bonds is 5. The van der Waals surface area contributed by atoms with Crippen LogP contribution in [0.5, 0.6) is 0 Å². The number of aryl methyl sites for hydroxylation is 2. The molecule has 2 aromatic rings. The van der Waals surface area contributed by atoms with Crippen molar-refractivity contribution in [1.82, 2.24) is 0 Å². The minimum absolute atomic E-state index is 0.103. The molecule has 1 heterocycles. The minimum atomic E-state index is -3.73. The van der Waals surface area contributed by atoms with Gasteiger partial charge in [-0.2, -0.15) is 0 Å². The molecule has 0 saturated heterocycles. The molecule has 2 aromatic carbocycles. The maximum absolute atomic E-state index is 13.0. The second-order valence-electron chi connectivity index (χ2n) is 7.23. The fraction of sp³-hybridized carbons (Fsp3) is 0.333.